The first-order valence-electron chi connectivity index (χ1n) is 11.2. The molecule has 7 heteroatoms. The van der Waals surface area contributed by atoms with Crippen molar-refractivity contribution in [3.63, 3.8) is 0 Å². The molecule has 1 aliphatic heterocycles. The Kier molecular flexibility index (Phi) is 5.53. The van der Waals surface area contributed by atoms with Gasteiger partial charge < -0.3 is 10.2 Å². The van der Waals surface area contributed by atoms with Gasteiger partial charge in [-0.1, -0.05) is 26.0 Å². The highest BCUT2D eigenvalue weighted by Crippen LogP contribution is 2.32. The molecule has 3 aromatic rings. The third-order valence-corrected chi connectivity index (χ3v) is 5.82. The fourth-order valence-corrected chi connectivity index (χ4v) is 4.16. The highest BCUT2D eigenvalue weighted by atomic mass is 16.2. The highest BCUT2D eigenvalue weighted by Gasteiger charge is 2.27. The average Bonchev–Trinajstić information content (AvgIpc) is 3.30. The number of carbonyl (C=O) groups is 2. The largest absolute Gasteiger partial charge is 0.320 e. The lowest BCUT2D eigenvalue weighted by Gasteiger charge is -2.21. The van der Waals surface area contributed by atoms with Crippen LogP contribution in [0.5, 0.6) is 0 Å². The van der Waals surface area contributed by atoms with Gasteiger partial charge in [-0.05, 0) is 58.2 Å². The summed E-state index contributed by atoms with van der Waals surface area (Å²) in [6, 6.07) is 9.34. The van der Waals surface area contributed by atoms with E-state index < -0.39 is 0 Å². The molecule has 2 aromatic heterocycles. The van der Waals surface area contributed by atoms with Crippen LogP contribution in [0, 0.1) is 6.92 Å². The number of para-hydroxylation sites is 2. The van der Waals surface area contributed by atoms with Crippen molar-refractivity contribution in [2.45, 2.75) is 65.8 Å². The van der Waals surface area contributed by atoms with Crippen molar-refractivity contribution >= 4 is 34.2 Å². The third-order valence-electron chi connectivity index (χ3n) is 5.82. The summed E-state index contributed by atoms with van der Waals surface area (Å²) >= 11 is 0. The van der Waals surface area contributed by atoms with Crippen molar-refractivity contribution in [2.75, 3.05) is 16.8 Å². The number of carbonyl (C=O) groups excluding carboxylic acids is 2. The Morgan fingerprint density at radius 1 is 1.19 bits per heavy atom. The van der Waals surface area contributed by atoms with Gasteiger partial charge in [0.2, 0.25) is 5.91 Å². The molecule has 1 aliphatic rings. The second-order valence-corrected chi connectivity index (χ2v) is 9.74. The number of hydrogen-bond acceptors (Lipinski definition) is 4. The summed E-state index contributed by atoms with van der Waals surface area (Å²) in [6.07, 6.45) is 1.37. The molecule has 2 amide bonds. The number of amides is 2. The smallest absolute Gasteiger partial charge is 0.256 e. The van der Waals surface area contributed by atoms with Crippen LogP contribution in [0.3, 0.4) is 0 Å². The SMILES string of the molecule is Cc1nn(C(C)(C)C)c2nc(C(C)C)cc(C(=O)Nc3ccccc3N3CCCC3=O)c12. The summed E-state index contributed by atoms with van der Waals surface area (Å²) in [7, 11) is 0. The second kappa shape index (κ2) is 8.04. The number of rotatable bonds is 4. The van der Waals surface area contributed by atoms with Crippen LogP contribution in [0.25, 0.3) is 11.0 Å². The molecule has 1 aromatic carbocycles. The number of aryl methyl sites for hydroxylation is 1. The zero-order valence-electron chi connectivity index (χ0n) is 19.7. The summed E-state index contributed by atoms with van der Waals surface area (Å²) in [5.74, 6) is 0.0152. The van der Waals surface area contributed by atoms with E-state index in [2.05, 4.69) is 39.9 Å². The number of aromatic nitrogens is 3. The van der Waals surface area contributed by atoms with Crippen LogP contribution in [0.2, 0.25) is 0 Å². The van der Waals surface area contributed by atoms with Gasteiger partial charge in [-0.15, -0.1) is 0 Å². The van der Waals surface area contributed by atoms with E-state index in [1.807, 2.05) is 41.9 Å². The van der Waals surface area contributed by atoms with Gasteiger partial charge in [-0.25, -0.2) is 9.67 Å². The van der Waals surface area contributed by atoms with Crippen LogP contribution in [0.15, 0.2) is 30.3 Å². The van der Waals surface area contributed by atoms with E-state index in [-0.39, 0.29) is 23.3 Å². The zero-order valence-corrected chi connectivity index (χ0v) is 19.7. The molecule has 0 radical (unpaired) electrons. The molecule has 1 N–H and O–H groups in total. The molecule has 0 saturated carbocycles. The average molecular weight is 434 g/mol. The molecule has 0 spiro atoms. The van der Waals surface area contributed by atoms with E-state index in [1.165, 1.54) is 0 Å². The molecule has 1 saturated heterocycles. The van der Waals surface area contributed by atoms with Crippen LogP contribution in [0.1, 0.15) is 75.1 Å². The molecule has 32 heavy (non-hydrogen) atoms. The maximum Gasteiger partial charge on any atom is 0.256 e. The summed E-state index contributed by atoms with van der Waals surface area (Å²) in [5, 5.41) is 8.54. The van der Waals surface area contributed by atoms with Gasteiger partial charge in [0.25, 0.3) is 5.91 Å². The fourth-order valence-electron chi connectivity index (χ4n) is 4.16. The van der Waals surface area contributed by atoms with Crippen LogP contribution in [-0.4, -0.2) is 33.1 Å². The number of hydrogen-bond donors (Lipinski definition) is 1. The number of pyridine rings is 1. The molecule has 0 bridgehead atoms. The number of anilines is 2. The van der Waals surface area contributed by atoms with E-state index >= 15 is 0 Å². The molecule has 7 nitrogen and oxygen atoms in total. The maximum absolute atomic E-state index is 13.6. The van der Waals surface area contributed by atoms with E-state index in [9.17, 15) is 9.59 Å². The summed E-state index contributed by atoms with van der Waals surface area (Å²) < 4.78 is 1.90. The van der Waals surface area contributed by atoms with Gasteiger partial charge in [0.15, 0.2) is 5.65 Å². The van der Waals surface area contributed by atoms with Gasteiger partial charge in [-0.3, -0.25) is 9.59 Å². The summed E-state index contributed by atoms with van der Waals surface area (Å²) in [6.45, 7) is 12.9. The minimum absolute atomic E-state index is 0.0855. The van der Waals surface area contributed by atoms with E-state index in [0.29, 0.717) is 29.9 Å². The Bertz CT molecular complexity index is 1200. The van der Waals surface area contributed by atoms with Gasteiger partial charge in [0, 0.05) is 18.7 Å². The van der Waals surface area contributed by atoms with Crippen molar-refractivity contribution in [1.29, 1.82) is 0 Å². The van der Waals surface area contributed by atoms with Crippen LogP contribution in [-0.2, 0) is 10.3 Å². The first kappa shape index (κ1) is 22.0. The lowest BCUT2D eigenvalue weighted by molar-refractivity contribution is -0.117. The summed E-state index contributed by atoms with van der Waals surface area (Å²) in [4.78, 5) is 32.5. The quantitative estimate of drug-likeness (QED) is 0.628. The number of fused-ring (bicyclic) bond motifs is 1. The Morgan fingerprint density at radius 2 is 1.91 bits per heavy atom. The molecule has 168 valence electrons. The highest BCUT2D eigenvalue weighted by molar-refractivity contribution is 6.14. The van der Waals surface area contributed by atoms with Crippen molar-refractivity contribution < 1.29 is 9.59 Å². The fraction of sp³-hybridized carbons (Fsp3) is 0.440. The van der Waals surface area contributed by atoms with Crippen molar-refractivity contribution in [1.82, 2.24) is 14.8 Å². The van der Waals surface area contributed by atoms with Gasteiger partial charge >= 0.3 is 0 Å². The minimum atomic E-state index is -0.272. The van der Waals surface area contributed by atoms with Gasteiger partial charge in [-0.2, -0.15) is 5.10 Å². The Morgan fingerprint density at radius 3 is 2.53 bits per heavy atom. The van der Waals surface area contributed by atoms with Crippen molar-refractivity contribution in [3.05, 3.63) is 47.3 Å². The summed E-state index contributed by atoms with van der Waals surface area (Å²) in [5.41, 5.74) is 3.97. The van der Waals surface area contributed by atoms with E-state index in [1.54, 1.807) is 4.90 Å². The zero-order chi connectivity index (χ0) is 23.2. The molecular weight excluding hydrogens is 402 g/mol. The third kappa shape index (κ3) is 3.87. The van der Waals surface area contributed by atoms with E-state index in [4.69, 9.17) is 10.1 Å². The van der Waals surface area contributed by atoms with Crippen LogP contribution >= 0.6 is 0 Å². The Hall–Kier alpha value is -3.22. The predicted molar refractivity (Wildman–Crippen MR) is 127 cm³/mol. The van der Waals surface area contributed by atoms with Crippen molar-refractivity contribution in [2.24, 2.45) is 0 Å². The second-order valence-electron chi connectivity index (χ2n) is 9.74. The van der Waals surface area contributed by atoms with Gasteiger partial charge in [0.05, 0.1) is 33.6 Å². The molecule has 0 aliphatic carbocycles. The standard InChI is InChI=1S/C25H31N5O2/c1-15(2)19-14-17(22-16(3)28-30(23(22)26-19)25(4,5)6)24(32)27-18-10-7-8-11-20(18)29-13-9-12-21(29)31/h7-8,10-11,14-15H,9,12-13H2,1-6H3,(H,27,32). The number of benzene rings is 1. The first-order chi connectivity index (χ1) is 15.1. The first-order valence-corrected chi connectivity index (χ1v) is 11.2. The van der Waals surface area contributed by atoms with Crippen LogP contribution < -0.4 is 10.2 Å². The van der Waals surface area contributed by atoms with Gasteiger partial charge in [0.1, 0.15) is 0 Å². The number of nitrogens with zero attached hydrogens (tertiary/aromatic N) is 4. The van der Waals surface area contributed by atoms with Crippen molar-refractivity contribution in [3.8, 4) is 0 Å². The maximum atomic E-state index is 13.6. The Balaban J connectivity index is 1.82. The van der Waals surface area contributed by atoms with Crippen LogP contribution in [0.4, 0.5) is 11.4 Å². The Labute approximate surface area is 188 Å². The van der Waals surface area contributed by atoms with E-state index in [0.717, 1.165) is 28.9 Å². The number of nitrogens with one attached hydrogen (secondary N) is 1. The monoisotopic (exact) mass is 433 g/mol. The molecule has 1 fully saturated rings. The molecule has 3 heterocycles. The lowest BCUT2D eigenvalue weighted by atomic mass is 10.0. The molecular formula is C25H31N5O2. The lowest BCUT2D eigenvalue weighted by Crippen LogP contribution is -2.26. The molecule has 0 unspecified atom stereocenters. The topological polar surface area (TPSA) is 80.1 Å². The normalized spacial score (nSPS) is 14.6. The molecule has 4 rings (SSSR count). The molecule has 0 atom stereocenters. The minimum Gasteiger partial charge on any atom is -0.320 e. The predicted octanol–water partition coefficient (Wildman–Crippen LogP) is 5.00.